The zero-order chi connectivity index (χ0) is 14.1. The molecule has 0 aliphatic carbocycles. The van der Waals surface area contributed by atoms with Crippen LogP contribution in [-0.4, -0.2) is 21.8 Å². The lowest BCUT2D eigenvalue weighted by atomic mass is 10.2. The molecule has 0 aliphatic heterocycles. The Morgan fingerprint density at radius 2 is 2.00 bits per heavy atom. The summed E-state index contributed by atoms with van der Waals surface area (Å²) < 4.78 is 6.87. The Hall–Kier alpha value is -2.69. The first-order chi connectivity index (χ1) is 9.70. The highest BCUT2D eigenvalue weighted by Gasteiger charge is 2.12. The molecule has 0 atom stereocenters. The number of rotatable bonds is 3. The van der Waals surface area contributed by atoms with Crippen LogP contribution < -0.4 is 10.4 Å². The van der Waals surface area contributed by atoms with Crippen LogP contribution in [0.2, 0.25) is 0 Å². The van der Waals surface area contributed by atoms with Crippen LogP contribution in [0.4, 0.5) is 0 Å². The van der Waals surface area contributed by atoms with E-state index in [0.717, 1.165) is 0 Å². The molecule has 2 N–H and O–H groups in total. The third-order valence-electron chi connectivity index (χ3n) is 3.30. The fourth-order valence-corrected chi connectivity index (χ4v) is 2.32. The summed E-state index contributed by atoms with van der Waals surface area (Å²) in [5.41, 5.74) is 1.86. The van der Waals surface area contributed by atoms with Gasteiger partial charge in [0, 0.05) is 5.56 Å². The average molecular weight is 270 g/mol. The van der Waals surface area contributed by atoms with Gasteiger partial charge in [-0.15, -0.1) is 0 Å². The van der Waals surface area contributed by atoms with Gasteiger partial charge in [0.25, 0.3) is 0 Å². The second-order valence-corrected chi connectivity index (χ2v) is 4.50. The maximum absolute atomic E-state index is 12.1. The number of aromatic nitrogens is 2. The molecule has 3 rings (SSSR count). The molecule has 0 unspecified atom stereocenters. The summed E-state index contributed by atoms with van der Waals surface area (Å²) in [5, 5.41) is 9.84. The van der Waals surface area contributed by atoms with Crippen molar-refractivity contribution in [3.8, 4) is 11.5 Å². The Kier molecular flexibility index (Phi) is 2.95. The van der Waals surface area contributed by atoms with Crippen molar-refractivity contribution in [2.45, 2.75) is 6.54 Å². The Morgan fingerprint density at radius 1 is 1.20 bits per heavy atom. The molecule has 5 heteroatoms. The summed E-state index contributed by atoms with van der Waals surface area (Å²) in [6, 6.07) is 12.4. The molecule has 1 heterocycles. The molecule has 0 spiro atoms. The summed E-state index contributed by atoms with van der Waals surface area (Å²) in [5.74, 6) is 0.792. The summed E-state index contributed by atoms with van der Waals surface area (Å²) in [4.78, 5) is 14.9. The molecule has 1 aromatic heterocycles. The van der Waals surface area contributed by atoms with Gasteiger partial charge >= 0.3 is 5.69 Å². The number of hydrogen-bond acceptors (Lipinski definition) is 3. The van der Waals surface area contributed by atoms with Crippen LogP contribution in [-0.2, 0) is 6.54 Å². The van der Waals surface area contributed by atoms with Gasteiger partial charge < -0.3 is 14.8 Å². The van der Waals surface area contributed by atoms with Crippen LogP contribution in [0.15, 0.2) is 47.3 Å². The van der Waals surface area contributed by atoms with E-state index in [1.54, 1.807) is 35.9 Å². The first-order valence-corrected chi connectivity index (χ1v) is 6.23. The molecule has 5 nitrogen and oxygen atoms in total. The molecule has 20 heavy (non-hydrogen) atoms. The van der Waals surface area contributed by atoms with E-state index in [4.69, 9.17) is 4.74 Å². The number of ether oxygens (including phenoxy) is 1. The first-order valence-electron chi connectivity index (χ1n) is 6.23. The second kappa shape index (κ2) is 4.77. The fourth-order valence-electron chi connectivity index (χ4n) is 2.32. The molecule has 0 aliphatic rings. The quantitative estimate of drug-likeness (QED) is 0.765. The topological polar surface area (TPSA) is 67.2 Å². The Balaban J connectivity index is 2.19. The number of aromatic amines is 1. The molecule has 0 saturated heterocycles. The summed E-state index contributed by atoms with van der Waals surface area (Å²) >= 11 is 0. The zero-order valence-electron chi connectivity index (χ0n) is 11.0. The lowest BCUT2D eigenvalue weighted by Crippen LogP contribution is -2.17. The van der Waals surface area contributed by atoms with E-state index in [0.29, 0.717) is 22.3 Å². The smallest absolute Gasteiger partial charge is 0.326 e. The van der Waals surface area contributed by atoms with Crippen LogP contribution in [0.3, 0.4) is 0 Å². The number of phenolic OH excluding ortho intramolecular Hbond substituents is 1. The average Bonchev–Trinajstić information content (AvgIpc) is 2.77. The monoisotopic (exact) mass is 270 g/mol. The number of aromatic hydroxyl groups is 1. The molecule has 0 saturated carbocycles. The van der Waals surface area contributed by atoms with Crippen molar-refractivity contribution in [3.63, 3.8) is 0 Å². The second-order valence-electron chi connectivity index (χ2n) is 4.50. The minimum atomic E-state index is -0.229. The molecule has 2 aromatic carbocycles. The largest absolute Gasteiger partial charge is 0.508 e. The number of H-pyrrole nitrogens is 1. The van der Waals surface area contributed by atoms with E-state index in [9.17, 15) is 9.90 Å². The summed E-state index contributed by atoms with van der Waals surface area (Å²) in [6.07, 6.45) is 0. The fraction of sp³-hybridized carbons (Fsp3) is 0.133. The van der Waals surface area contributed by atoms with E-state index in [1.807, 2.05) is 18.2 Å². The van der Waals surface area contributed by atoms with Crippen molar-refractivity contribution in [2.24, 2.45) is 0 Å². The van der Waals surface area contributed by atoms with E-state index in [2.05, 4.69) is 4.98 Å². The minimum absolute atomic E-state index is 0.170. The van der Waals surface area contributed by atoms with Crippen molar-refractivity contribution >= 4 is 11.0 Å². The highest BCUT2D eigenvalue weighted by Crippen LogP contribution is 2.25. The predicted octanol–water partition coefficient (Wildman–Crippen LogP) is 2.09. The number of nitrogens with one attached hydrogen (secondary N) is 1. The van der Waals surface area contributed by atoms with Crippen LogP contribution in [0.25, 0.3) is 11.0 Å². The standard InChI is InChI=1S/C15H14N2O3/c1-20-13-8-4-6-11-14(13)17(15(19)16-11)9-10-5-2-3-7-12(10)18/h2-8,18H,9H2,1H3,(H,16,19). The van der Waals surface area contributed by atoms with Crippen LogP contribution in [0.1, 0.15) is 5.56 Å². The lowest BCUT2D eigenvalue weighted by Gasteiger charge is -2.08. The number of benzene rings is 2. The van der Waals surface area contributed by atoms with Crippen molar-refractivity contribution in [2.75, 3.05) is 7.11 Å². The summed E-state index contributed by atoms with van der Waals surface area (Å²) in [7, 11) is 1.57. The zero-order valence-corrected chi connectivity index (χ0v) is 11.0. The number of hydrogen-bond donors (Lipinski definition) is 2. The van der Waals surface area contributed by atoms with Crippen molar-refractivity contribution in [3.05, 3.63) is 58.5 Å². The van der Waals surface area contributed by atoms with E-state index in [-0.39, 0.29) is 18.0 Å². The van der Waals surface area contributed by atoms with Gasteiger partial charge in [-0.05, 0) is 18.2 Å². The lowest BCUT2D eigenvalue weighted by molar-refractivity contribution is 0.417. The number of fused-ring (bicyclic) bond motifs is 1. The molecular formula is C15H14N2O3. The highest BCUT2D eigenvalue weighted by molar-refractivity contribution is 5.82. The van der Waals surface area contributed by atoms with Gasteiger partial charge in [0.15, 0.2) is 0 Å². The van der Waals surface area contributed by atoms with Gasteiger partial charge in [-0.2, -0.15) is 0 Å². The molecule has 102 valence electrons. The molecular weight excluding hydrogens is 256 g/mol. The summed E-state index contributed by atoms with van der Waals surface area (Å²) in [6.45, 7) is 0.284. The van der Waals surface area contributed by atoms with E-state index >= 15 is 0 Å². The molecule has 0 radical (unpaired) electrons. The Morgan fingerprint density at radius 3 is 2.75 bits per heavy atom. The molecule has 0 bridgehead atoms. The maximum Gasteiger partial charge on any atom is 0.326 e. The Bertz CT molecular complexity index is 817. The SMILES string of the molecule is COc1cccc2[nH]c(=O)n(Cc3ccccc3O)c12. The van der Waals surface area contributed by atoms with Crippen molar-refractivity contribution in [1.29, 1.82) is 0 Å². The van der Waals surface area contributed by atoms with E-state index in [1.165, 1.54) is 0 Å². The number of nitrogens with zero attached hydrogens (tertiary/aromatic N) is 1. The van der Waals surface area contributed by atoms with Gasteiger partial charge in [-0.1, -0.05) is 24.3 Å². The molecule has 0 amide bonds. The van der Waals surface area contributed by atoms with Gasteiger partial charge in [0.05, 0.1) is 19.2 Å². The van der Waals surface area contributed by atoms with Crippen molar-refractivity contribution in [1.82, 2.24) is 9.55 Å². The van der Waals surface area contributed by atoms with Crippen molar-refractivity contribution < 1.29 is 9.84 Å². The van der Waals surface area contributed by atoms with Gasteiger partial charge in [-0.25, -0.2) is 4.79 Å². The molecule has 3 aromatic rings. The maximum atomic E-state index is 12.1. The number of imidazole rings is 1. The van der Waals surface area contributed by atoms with E-state index < -0.39 is 0 Å². The highest BCUT2D eigenvalue weighted by atomic mass is 16.5. The third-order valence-corrected chi connectivity index (χ3v) is 3.30. The number of methoxy groups -OCH3 is 1. The normalized spacial score (nSPS) is 10.8. The Labute approximate surface area is 115 Å². The number of para-hydroxylation sites is 2. The van der Waals surface area contributed by atoms with Crippen LogP contribution >= 0.6 is 0 Å². The number of phenols is 1. The van der Waals surface area contributed by atoms with Crippen LogP contribution in [0, 0.1) is 0 Å². The predicted molar refractivity (Wildman–Crippen MR) is 76.3 cm³/mol. The van der Waals surface area contributed by atoms with Gasteiger partial charge in [0.2, 0.25) is 0 Å². The first kappa shape index (κ1) is 12.3. The minimum Gasteiger partial charge on any atom is -0.508 e. The van der Waals surface area contributed by atoms with Crippen LogP contribution in [0.5, 0.6) is 11.5 Å². The molecule has 0 fully saturated rings. The van der Waals surface area contributed by atoms with Gasteiger partial charge in [0.1, 0.15) is 17.0 Å². The van der Waals surface area contributed by atoms with Gasteiger partial charge in [-0.3, -0.25) is 4.57 Å². The third kappa shape index (κ3) is 1.93.